The Morgan fingerprint density at radius 2 is 2.26 bits per heavy atom. The zero-order valence-electron chi connectivity index (χ0n) is 10.3. The third-order valence-corrected chi connectivity index (χ3v) is 3.20. The lowest BCUT2D eigenvalue weighted by atomic mass is 10.2. The van der Waals surface area contributed by atoms with Crippen molar-refractivity contribution in [3.8, 4) is 5.75 Å². The van der Waals surface area contributed by atoms with Gasteiger partial charge in [0.25, 0.3) is 0 Å². The molecule has 19 heavy (non-hydrogen) atoms. The maximum absolute atomic E-state index is 11.1. The molecule has 0 aliphatic carbocycles. The van der Waals surface area contributed by atoms with E-state index in [2.05, 4.69) is 21.0 Å². The van der Waals surface area contributed by atoms with Gasteiger partial charge in [-0.3, -0.25) is 4.68 Å². The number of benzene rings is 1. The van der Waals surface area contributed by atoms with Crippen molar-refractivity contribution >= 4 is 21.9 Å². The summed E-state index contributed by atoms with van der Waals surface area (Å²) in [6.07, 6.45) is 2.39. The molecule has 0 radical (unpaired) electrons. The number of aromatic carboxylic acids is 1. The van der Waals surface area contributed by atoms with Gasteiger partial charge in [-0.1, -0.05) is 15.9 Å². The lowest BCUT2D eigenvalue weighted by Crippen LogP contribution is -2.08. The predicted octanol–water partition coefficient (Wildman–Crippen LogP) is 2.50. The third-order valence-electron chi connectivity index (χ3n) is 2.71. The monoisotopic (exact) mass is 324 g/mol. The molecule has 0 bridgehead atoms. The van der Waals surface area contributed by atoms with Gasteiger partial charge in [0.05, 0.1) is 6.61 Å². The standard InChI is InChI=1S/C13H13BrN2O3/c1-16-10(4-6-15-16)5-7-19-12-3-2-9(14)8-11(12)13(17)18/h2-4,6,8H,5,7H2,1H3,(H,17,18). The molecule has 0 aliphatic rings. The van der Waals surface area contributed by atoms with Gasteiger partial charge in [0, 0.05) is 29.8 Å². The zero-order valence-corrected chi connectivity index (χ0v) is 11.9. The number of rotatable bonds is 5. The highest BCUT2D eigenvalue weighted by atomic mass is 79.9. The Hall–Kier alpha value is -1.82. The predicted molar refractivity (Wildman–Crippen MR) is 73.5 cm³/mol. The van der Waals surface area contributed by atoms with Crippen LogP contribution in [0.15, 0.2) is 34.9 Å². The lowest BCUT2D eigenvalue weighted by Gasteiger charge is -2.09. The molecule has 2 aromatic rings. The largest absolute Gasteiger partial charge is 0.492 e. The van der Waals surface area contributed by atoms with Crippen molar-refractivity contribution in [3.05, 3.63) is 46.2 Å². The smallest absolute Gasteiger partial charge is 0.339 e. The van der Waals surface area contributed by atoms with Crippen LogP contribution in [-0.2, 0) is 13.5 Å². The zero-order chi connectivity index (χ0) is 13.8. The van der Waals surface area contributed by atoms with E-state index < -0.39 is 5.97 Å². The van der Waals surface area contributed by atoms with E-state index in [0.29, 0.717) is 23.2 Å². The van der Waals surface area contributed by atoms with Crippen molar-refractivity contribution in [2.24, 2.45) is 7.05 Å². The number of hydrogen-bond acceptors (Lipinski definition) is 3. The maximum atomic E-state index is 11.1. The summed E-state index contributed by atoms with van der Waals surface area (Å²) < 4.78 is 8.02. The number of aromatic nitrogens is 2. The van der Waals surface area contributed by atoms with E-state index in [1.54, 1.807) is 23.0 Å². The number of nitrogens with zero attached hydrogens (tertiary/aromatic N) is 2. The Labute approximate surface area is 118 Å². The summed E-state index contributed by atoms with van der Waals surface area (Å²) >= 11 is 3.24. The molecule has 0 aliphatic heterocycles. The molecule has 1 aromatic heterocycles. The first-order valence-electron chi connectivity index (χ1n) is 5.70. The molecule has 5 nitrogen and oxygen atoms in total. The Balaban J connectivity index is 2.03. The second-order valence-corrected chi connectivity index (χ2v) is 4.91. The lowest BCUT2D eigenvalue weighted by molar-refractivity contribution is 0.0692. The molecule has 6 heteroatoms. The van der Waals surface area contributed by atoms with Crippen molar-refractivity contribution in [1.82, 2.24) is 9.78 Å². The number of aryl methyl sites for hydroxylation is 1. The van der Waals surface area contributed by atoms with Crippen LogP contribution >= 0.6 is 15.9 Å². The molecule has 0 amide bonds. The molecule has 0 fully saturated rings. The van der Waals surface area contributed by atoms with Gasteiger partial charge in [-0.2, -0.15) is 5.10 Å². The number of halogens is 1. The SMILES string of the molecule is Cn1nccc1CCOc1ccc(Br)cc1C(=O)O. The van der Waals surface area contributed by atoms with Crippen LogP contribution in [0.2, 0.25) is 0 Å². The van der Waals surface area contributed by atoms with Gasteiger partial charge < -0.3 is 9.84 Å². The highest BCUT2D eigenvalue weighted by molar-refractivity contribution is 9.10. The van der Waals surface area contributed by atoms with Gasteiger partial charge in [0.15, 0.2) is 0 Å². The van der Waals surface area contributed by atoms with Crippen molar-refractivity contribution in [3.63, 3.8) is 0 Å². The molecule has 0 spiro atoms. The molecular formula is C13H13BrN2O3. The second-order valence-electron chi connectivity index (χ2n) is 3.99. The van der Waals surface area contributed by atoms with Crippen LogP contribution in [0.3, 0.4) is 0 Å². The Kier molecular flexibility index (Phi) is 4.21. The molecule has 1 aromatic carbocycles. The number of ether oxygens (including phenoxy) is 1. The second kappa shape index (κ2) is 5.88. The number of carbonyl (C=O) groups is 1. The number of carboxylic acid groups (broad SMARTS) is 1. The maximum Gasteiger partial charge on any atom is 0.339 e. The van der Waals surface area contributed by atoms with Crippen molar-refractivity contribution in [1.29, 1.82) is 0 Å². The summed E-state index contributed by atoms with van der Waals surface area (Å²) in [6.45, 7) is 0.404. The first-order chi connectivity index (χ1) is 9.08. The van der Waals surface area contributed by atoms with E-state index in [0.717, 1.165) is 5.69 Å². The highest BCUT2D eigenvalue weighted by Crippen LogP contribution is 2.23. The molecule has 0 saturated carbocycles. The Morgan fingerprint density at radius 1 is 1.47 bits per heavy atom. The minimum Gasteiger partial charge on any atom is -0.492 e. The quantitative estimate of drug-likeness (QED) is 0.917. The van der Waals surface area contributed by atoms with E-state index in [1.165, 1.54) is 6.07 Å². The molecule has 2 rings (SSSR count). The summed E-state index contributed by atoms with van der Waals surface area (Å²) in [7, 11) is 1.86. The highest BCUT2D eigenvalue weighted by Gasteiger charge is 2.12. The van der Waals surface area contributed by atoms with E-state index in [9.17, 15) is 4.79 Å². The van der Waals surface area contributed by atoms with Crippen LogP contribution in [-0.4, -0.2) is 27.5 Å². The summed E-state index contributed by atoms with van der Waals surface area (Å²) in [6, 6.07) is 6.84. The fourth-order valence-electron chi connectivity index (χ4n) is 1.71. The van der Waals surface area contributed by atoms with E-state index in [4.69, 9.17) is 9.84 Å². The molecular weight excluding hydrogens is 312 g/mol. The van der Waals surface area contributed by atoms with E-state index >= 15 is 0 Å². The number of hydrogen-bond donors (Lipinski definition) is 1. The fourth-order valence-corrected chi connectivity index (χ4v) is 2.07. The van der Waals surface area contributed by atoms with Crippen molar-refractivity contribution in [2.45, 2.75) is 6.42 Å². The summed E-state index contributed by atoms with van der Waals surface area (Å²) in [5.74, 6) is -0.630. The summed E-state index contributed by atoms with van der Waals surface area (Å²) in [4.78, 5) is 11.1. The molecule has 1 heterocycles. The molecule has 0 saturated heterocycles. The summed E-state index contributed by atoms with van der Waals surface area (Å²) in [5.41, 5.74) is 1.19. The van der Waals surface area contributed by atoms with Gasteiger partial charge >= 0.3 is 5.97 Å². The first kappa shape index (κ1) is 13.6. The first-order valence-corrected chi connectivity index (χ1v) is 6.50. The van der Waals surface area contributed by atoms with Gasteiger partial charge in [-0.15, -0.1) is 0 Å². The minimum atomic E-state index is -1.00. The van der Waals surface area contributed by atoms with Crippen molar-refractivity contribution in [2.75, 3.05) is 6.61 Å². The van der Waals surface area contributed by atoms with Gasteiger partial charge in [-0.25, -0.2) is 4.79 Å². The average molecular weight is 325 g/mol. The van der Waals surface area contributed by atoms with E-state index in [-0.39, 0.29) is 5.56 Å². The van der Waals surface area contributed by atoms with E-state index in [1.807, 2.05) is 13.1 Å². The Morgan fingerprint density at radius 3 is 2.89 bits per heavy atom. The van der Waals surface area contributed by atoms with Crippen LogP contribution in [0.5, 0.6) is 5.75 Å². The van der Waals surface area contributed by atoms with Crippen LogP contribution in [0.25, 0.3) is 0 Å². The fraction of sp³-hybridized carbons (Fsp3) is 0.231. The van der Waals surface area contributed by atoms with Crippen LogP contribution in [0.1, 0.15) is 16.1 Å². The average Bonchev–Trinajstić information content (AvgIpc) is 2.77. The van der Waals surface area contributed by atoms with Crippen LogP contribution in [0, 0.1) is 0 Å². The van der Waals surface area contributed by atoms with Gasteiger partial charge in [0.2, 0.25) is 0 Å². The van der Waals surface area contributed by atoms with Crippen molar-refractivity contribution < 1.29 is 14.6 Å². The number of carboxylic acids is 1. The topological polar surface area (TPSA) is 64.4 Å². The van der Waals surface area contributed by atoms with Gasteiger partial charge in [0.1, 0.15) is 11.3 Å². The molecule has 100 valence electrons. The van der Waals surface area contributed by atoms with Gasteiger partial charge in [-0.05, 0) is 24.3 Å². The molecule has 0 unspecified atom stereocenters. The minimum absolute atomic E-state index is 0.152. The van der Waals surface area contributed by atoms with Crippen LogP contribution in [0.4, 0.5) is 0 Å². The molecule has 0 atom stereocenters. The van der Waals surface area contributed by atoms with Crippen LogP contribution < -0.4 is 4.74 Å². The third kappa shape index (κ3) is 3.35. The summed E-state index contributed by atoms with van der Waals surface area (Å²) in [5, 5.41) is 13.2. The Bertz CT molecular complexity index is 595. The molecule has 1 N–H and O–H groups in total. The normalized spacial score (nSPS) is 10.4.